The van der Waals surface area contributed by atoms with Gasteiger partial charge in [0.05, 0.1) is 20.8 Å². The third-order valence-electron chi connectivity index (χ3n) is 8.02. The van der Waals surface area contributed by atoms with E-state index in [0.29, 0.717) is 42.9 Å². The number of benzene rings is 2. The number of carbonyl (C=O) groups excluding carboxylic acids is 2. The number of allylic oxidation sites excluding steroid dienone is 2. The molecule has 0 radical (unpaired) electrons. The standard InChI is InChI=1S/C34H41NO6/c1-24(13-15-30(36)38-3)12-14-28-32(39-4)25(2)29-23-41-34(37)31(29)33(28)40-21-9-8-18-35-19-16-27(17-20-35)22-26-10-6-5-7-11-26/h5-7,10-12,27H,13-23H2,1-4H3/b24-12+. The minimum Gasteiger partial charge on any atom is -0.496 e. The zero-order valence-corrected chi connectivity index (χ0v) is 24.7. The third-order valence-corrected chi connectivity index (χ3v) is 8.02. The largest absolute Gasteiger partial charge is 0.496 e. The van der Waals surface area contributed by atoms with Crippen molar-refractivity contribution in [2.75, 3.05) is 40.5 Å². The van der Waals surface area contributed by atoms with Crippen molar-refractivity contribution < 1.29 is 28.5 Å². The molecule has 7 heteroatoms. The van der Waals surface area contributed by atoms with Crippen LogP contribution < -0.4 is 9.47 Å². The number of hydrogen-bond donors (Lipinski definition) is 0. The van der Waals surface area contributed by atoms with Gasteiger partial charge < -0.3 is 18.9 Å². The molecule has 218 valence electrons. The van der Waals surface area contributed by atoms with Crippen LogP contribution in [-0.2, 0) is 33.7 Å². The molecule has 41 heavy (non-hydrogen) atoms. The smallest absolute Gasteiger partial charge is 0.342 e. The first-order valence-electron chi connectivity index (χ1n) is 14.4. The predicted molar refractivity (Wildman–Crippen MR) is 158 cm³/mol. The highest BCUT2D eigenvalue weighted by molar-refractivity contribution is 5.98. The van der Waals surface area contributed by atoms with Crippen molar-refractivity contribution in [3.63, 3.8) is 0 Å². The van der Waals surface area contributed by atoms with Crippen LogP contribution in [0.5, 0.6) is 11.5 Å². The minimum atomic E-state index is -0.389. The zero-order valence-electron chi connectivity index (χ0n) is 24.7. The molecule has 2 heterocycles. The van der Waals surface area contributed by atoms with Crippen molar-refractivity contribution in [3.05, 3.63) is 69.8 Å². The fourth-order valence-electron chi connectivity index (χ4n) is 5.57. The molecule has 2 aliphatic rings. The lowest BCUT2D eigenvalue weighted by Gasteiger charge is -2.30. The predicted octanol–water partition coefficient (Wildman–Crippen LogP) is 5.45. The van der Waals surface area contributed by atoms with Crippen LogP contribution in [0.15, 0.2) is 42.0 Å². The van der Waals surface area contributed by atoms with Gasteiger partial charge in [0, 0.05) is 17.5 Å². The van der Waals surface area contributed by atoms with Gasteiger partial charge in [0.2, 0.25) is 0 Å². The molecule has 0 aromatic heterocycles. The maximum Gasteiger partial charge on any atom is 0.342 e. The highest BCUT2D eigenvalue weighted by atomic mass is 16.5. The molecule has 0 bridgehead atoms. The van der Waals surface area contributed by atoms with Crippen LogP contribution in [0.25, 0.3) is 0 Å². The normalized spacial score (nSPS) is 15.5. The highest BCUT2D eigenvalue weighted by Crippen LogP contribution is 2.43. The average molecular weight is 560 g/mol. The molecule has 2 aromatic rings. The first kappa shape index (κ1) is 30.2. The van der Waals surface area contributed by atoms with E-state index in [1.54, 1.807) is 7.11 Å². The summed E-state index contributed by atoms with van der Waals surface area (Å²) >= 11 is 0. The third kappa shape index (κ3) is 7.92. The van der Waals surface area contributed by atoms with Crippen LogP contribution in [0, 0.1) is 24.7 Å². The Morgan fingerprint density at radius 2 is 1.85 bits per heavy atom. The van der Waals surface area contributed by atoms with E-state index >= 15 is 0 Å². The molecule has 2 aromatic carbocycles. The van der Waals surface area contributed by atoms with Gasteiger partial charge in [-0.25, -0.2) is 4.79 Å². The number of cyclic esters (lactones) is 1. The van der Waals surface area contributed by atoms with Crippen LogP contribution >= 0.6 is 0 Å². The summed E-state index contributed by atoms with van der Waals surface area (Å²) in [6, 6.07) is 10.7. The van der Waals surface area contributed by atoms with Crippen LogP contribution in [0.2, 0.25) is 0 Å². The second kappa shape index (κ2) is 14.7. The second-order valence-electron chi connectivity index (χ2n) is 10.8. The summed E-state index contributed by atoms with van der Waals surface area (Å²) in [6.07, 6.45) is 6.93. The van der Waals surface area contributed by atoms with Gasteiger partial charge in [-0.2, -0.15) is 0 Å². The van der Waals surface area contributed by atoms with Crippen LogP contribution in [0.1, 0.15) is 65.2 Å². The van der Waals surface area contributed by atoms with Crippen LogP contribution in [0.4, 0.5) is 0 Å². The van der Waals surface area contributed by atoms with Crippen molar-refractivity contribution in [2.24, 2.45) is 5.92 Å². The van der Waals surface area contributed by atoms with Gasteiger partial charge in [0.15, 0.2) is 0 Å². The topological polar surface area (TPSA) is 74.3 Å². The summed E-state index contributed by atoms with van der Waals surface area (Å²) in [5.41, 5.74) is 5.36. The number of fused-ring (bicyclic) bond motifs is 1. The molecule has 1 fully saturated rings. The second-order valence-corrected chi connectivity index (χ2v) is 10.8. The molecule has 1 saturated heterocycles. The zero-order chi connectivity index (χ0) is 29.2. The van der Waals surface area contributed by atoms with Crippen molar-refractivity contribution in [1.82, 2.24) is 4.90 Å². The summed E-state index contributed by atoms with van der Waals surface area (Å²) in [4.78, 5) is 26.7. The Balaban J connectivity index is 1.40. The van der Waals surface area contributed by atoms with E-state index in [0.717, 1.165) is 47.7 Å². The summed E-state index contributed by atoms with van der Waals surface area (Å²) in [5, 5.41) is 0. The Hall–Kier alpha value is -3.76. The summed E-state index contributed by atoms with van der Waals surface area (Å²) < 4.78 is 22.1. The first-order valence-corrected chi connectivity index (χ1v) is 14.4. The molecular formula is C34H41NO6. The maximum atomic E-state index is 12.7. The number of rotatable bonds is 11. The van der Waals surface area contributed by atoms with Gasteiger partial charge in [-0.15, -0.1) is 0 Å². The van der Waals surface area contributed by atoms with Gasteiger partial charge in [-0.1, -0.05) is 53.8 Å². The lowest BCUT2D eigenvalue weighted by atomic mass is 9.90. The molecule has 0 saturated carbocycles. The Bertz CT molecular complexity index is 1310. The summed E-state index contributed by atoms with van der Waals surface area (Å²) in [5.74, 6) is 7.65. The lowest BCUT2D eigenvalue weighted by Crippen LogP contribution is -2.34. The number of likely N-dealkylation sites (tertiary alicyclic amines) is 1. The van der Waals surface area contributed by atoms with E-state index in [4.69, 9.17) is 18.9 Å². The molecule has 0 unspecified atom stereocenters. The molecule has 4 rings (SSSR count). The number of ether oxygens (including phenoxy) is 4. The highest BCUT2D eigenvalue weighted by Gasteiger charge is 2.33. The number of carbonyl (C=O) groups is 2. The van der Waals surface area contributed by atoms with Gasteiger partial charge in [0.1, 0.15) is 30.3 Å². The molecule has 0 atom stereocenters. The van der Waals surface area contributed by atoms with Gasteiger partial charge in [0.25, 0.3) is 0 Å². The molecule has 0 spiro atoms. The Morgan fingerprint density at radius 1 is 1.10 bits per heavy atom. The molecule has 2 aliphatic heterocycles. The monoisotopic (exact) mass is 559 g/mol. The van der Waals surface area contributed by atoms with E-state index in [1.807, 2.05) is 19.9 Å². The fourth-order valence-corrected chi connectivity index (χ4v) is 5.57. The molecular weight excluding hydrogens is 518 g/mol. The van der Waals surface area contributed by atoms with Crippen molar-refractivity contribution in [2.45, 2.75) is 59.0 Å². The van der Waals surface area contributed by atoms with E-state index in [1.165, 1.54) is 25.5 Å². The van der Waals surface area contributed by atoms with E-state index in [-0.39, 0.29) is 25.2 Å². The van der Waals surface area contributed by atoms with E-state index < -0.39 is 0 Å². The Kier molecular flexibility index (Phi) is 10.9. The van der Waals surface area contributed by atoms with Crippen LogP contribution in [0.3, 0.4) is 0 Å². The van der Waals surface area contributed by atoms with Gasteiger partial charge in [-0.05, 0) is 76.1 Å². The van der Waals surface area contributed by atoms with Gasteiger partial charge in [-0.3, -0.25) is 9.69 Å². The SMILES string of the molecule is COC(=O)CC/C(C)=C/Cc1c(OC)c(C)c2c(c1OCC#CCN1CCC(Cc3ccccc3)CC1)C(=O)OC2. The Labute approximate surface area is 243 Å². The average Bonchev–Trinajstić information content (AvgIpc) is 3.38. The lowest BCUT2D eigenvalue weighted by molar-refractivity contribution is -0.140. The van der Waals surface area contributed by atoms with Crippen LogP contribution in [-0.4, -0.2) is 57.3 Å². The van der Waals surface area contributed by atoms with E-state index in [9.17, 15) is 9.59 Å². The summed E-state index contributed by atoms with van der Waals surface area (Å²) in [7, 11) is 3.01. The van der Waals surface area contributed by atoms with Gasteiger partial charge >= 0.3 is 11.9 Å². The quantitative estimate of drug-likeness (QED) is 0.206. The first-order chi connectivity index (χ1) is 19.9. The number of hydrogen-bond acceptors (Lipinski definition) is 7. The molecule has 7 nitrogen and oxygen atoms in total. The fraction of sp³-hybridized carbons (Fsp3) is 0.471. The molecule has 0 amide bonds. The molecule has 0 N–H and O–H groups in total. The molecule has 0 aliphatic carbocycles. The maximum absolute atomic E-state index is 12.7. The summed E-state index contributed by atoms with van der Waals surface area (Å²) in [6.45, 7) is 7.07. The Morgan fingerprint density at radius 3 is 2.56 bits per heavy atom. The number of esters is 2. The van der Waals surface area contributed by atoms with Crippen molar-refractivity contribution >= 4 is 11.9 Å². The van der Waals surface area contributed by atoms with Crippen molar-refractivity contribution in [3.8, 4) is 23.3 Å². The number of nitrogens with zero attached hydrogens (tertiary/aromatic N) is 1. The van der Waals surface area contributed by atoms with Crippen molar-refractivity contribution in [1.29, 1.82) is 0 Å². The van der Waals surface area contributed by atoms with E-state index in [2.05, 4.69) is 47.1 Å². The minimum absolute atomic E-state index is 0.161. The number of piperidine rings is 1. The number of methoxy groups -OCH3 is 2.